The molecule has 0 aliphatic carbocycles. The Labute approximate surface area is 76.4 Å². The molecule has 0 amide bonds. The van der Waals surface area contributed by atoms with Gasteiger partial charge in [0.1, 0.15) is 6.29 Å². The van der Waals surface area contributed by atoms with E-state index < -0.39 is 11.9 Å². The first kappa shape index (κ1) is 14.2. The number of rotatable bonds is 5. The van der Waals surface area contributed by atoms with Crippen molar-refractivity contribution in [3.63, 3.8) is 0 Å². The molecule has 0 rings (SSSR count). The van der Waals surface area contributed by atoms with Crippen molar-refractivity contribution in [3.8, 4) is 0 Å². The Balaban J connectivity index is 0. The van der Waals surface area contributed by atoms with Crippen molar-refractivity contribution in [3.05, 3.63) is 0 Å². The van der Waals surface area contributed by atoms with Crippen LogP contribution in [0.25, 0.3) is 0 Å². The lowest BCUT2D eigenvalue weighted by Crippen LogP contribution is -1.93. The zero-order valence-electron chi connectivity index (χ0n) is 7.52. The minimum absolute atomic E-state index is 0.0521. The molecule has 0 saturated carbocycles. The van der Waals surface area contributed by atoms with Gasteiger partial charge in [-0.3, -0.25) is 9.59 Å². The minimum Gasteiger partial charge on any atom is -0.481 e. The first-order valence-electron chi connectivity index (χ1n) is 3.91. The Morgan fingerprint density at radius 3 is 1.69 bits per heavy atom. The highest BCUT2D eigenvalue weighted by atomic mass is 16.4. The zero-order valence-corrected chi connectivity index (χ0v) is 7.52. The Hall–Kier alpha value is -1.39. The van der Waals surface area contributed by atoms with Gasteiger partial charge in [-0.1, -0.05) is 6.92 Å². The number of carbonyl (C=O) groups is 3. The Bertz CT molecular complexity index is 164. The van der Waals surface area contributed by atoms with Crippen LogP contribution in [0.15, 0.2) is 0 Å². The van der Waals surface area contributed by atoms with E-state index in [1.807, 2.05) is 6.92 Å². The van der Waals surface area contributed by atoms with Crippen LogP contribution in [0.2, 0.25) is 0 Å². The molecule has 5 nitrogen and oxygen atoms in total. The normalized spacial score (nSPS) is 8.08. The predicted octanol–water partition coefficient (Wildman–Crippen LogP) is 0.921. The molecule has 0 radical (unpaired) electrons. The summed E-state index contributed by atoms with van der Waals surface area (Å²) in [6.45, 7) is 1.84. The van der Waals surface area contributed by atoms with Gasteiger partial charge in [-0.25, -0.2) is 0 Å². The van der Waals surface area contributed by atoms with Crippen LogP contribution < -0.4 is 0 Å². The molecule has 0 spiro atoms. The van der Waals surface area contributed by atoms with Gasteiger partial charge in [0.15, 0.2) is 0 Å². The number of aldehydes is 1. The van der Waals surface area contributed by atoms with E-state index >= 15 is 0 Å². The van der Waals surface area contributed by atoms with E-state index in [2.05, 4.69) is 0 Å². The average Bonchev–Trinajstić information content (AvgIpc) is 2.01. The van der Waals surface area contributed by atoms with Gasteiger partial charge in [-0.15, -0.1) is 0 Å². The first-order chi connectivity index (χ1) is 6.04. The van der Waals surface area contributed by atoms with Crippen LogP contribution >= 0.6 is 0 Å². The van der Waals surface area contributed by atoms with Gasteiger partial charge in [-0.05, 0) is 6.42 Å². The van der Waals surface area contributed by atoms with E-state index in [1.54, 1.807) is 0 Å². The summed E-state index contributed by atoms with van der Waals surface area (Å²) in [6.07, 6.45) is 1.68. The first-order valence-corrected chi connectivity index (χ1v) is 3.91. The summed E-state index contributed by atoms with van der Waals surface area (Å²) in [7, 11) is 0. The number of carbonyl (C=O) groups excluding carboxylic acids is 1. The summed E-state index contributed by atoms with van der Waals surface area (Å²) in [5.74, 6) is -1.63. The fourth-order valence-electron chi connectivity index (χ4n) is 0.396. The second-order valence-corrected chi connectivity index (χ2v) is 2.24. The molecule has 0 saturated heterocycles. The molecular formula is C8H14O5. The highest BCUT2D eigenvalue weighted by molar-refractivity contribution is 5.70. The van der Waals surface area contributed by atoms with E-state index in [4.69, 9.17) is 10.2 Å². The monoisotopic (exact) mass is 190 g/mol. The van der Waals surface area contributed by atoms with Crippen LogP contribution in [-0.4, -0.2) is 28.4 Å². The van der Waals surface area contributed by atoms with Crippen molar-refractivity contribution < 1.29 is 24.6 Å². The molecule has 0 aromatic carbocycles. The maximum absolute atomic E-state index is 9.60. The smallest absolute Gasteiger partial charge is 0.303 e. The summed E-state index contributed by atoms with van der Waals surface area (Å²) < 4.78 is 0. The van der Waals surface area contributed by atoms with Crippen LogP contribution in [0.3, 0.4) is 0 Å². The predicted molar refractivity (Wildman–Crippen MR) is 45.5 cm³/mol. The molecule has 2 N–H and O–H groups in total. The van der Waals surface area contributed by atoms with Crippen LogP contribution in [0.1, 0.15) is 32.6 Å². The van der Waals surface area contributed by atoms with E-state index in [-0.39, 0.29) is 12.8 Å². The van der Waals surface area contributed by atoms with Crippen molar-refractivity contribution in [1.82, 2.24) is 0 Å². The molecular weight excluding hydrogens is 176 g/mol. The third-order valence-corrected chi connectivity index (χ3v) is 0.940. The van der Waals surface area contributed by atoms with Gasteiger partial charge in [0.05, 0.1) is 6.42 Å². The summed E-state index contributed by atoms with van der Waals surface area (Å²) in [5.41, 5.74) is 0. The largest absolute Gasteiger partial charge is 0.481 e. The minimum atomic E-state index is -0.924. The summed E-state index contributed by atoms with van der Waals surface area (Å²) in [4.78, 5) is 28.6. The standard InChI is InChI=1S/C4H6O3.C4H8O2/c5-3-1-2-4(6)7;1-2-3-4(5)6/h3H,1-2H2,(H,6,7);2-3H2,1H3,(H,5,6). The van der Waals surface area contributed by atoms with Crippen molar-refractivity contribution in [1.29, 1.82) is 0 Å². The highest BCUT2D eigenvalue weighted by Crippen LogP contribution is 1.82. The van der Waals surface area contributed by atoms with Gasteiger partial charge in [-0.2, -0.15) is 0 Å². The van der Waals surface area contributed by atoms with E-state index in [9.17, 15) is 14.4 Å². The summed E-state index contributed by atoms with van der Waals surface area (Å²) in [5, 5.41) is 15.8. The molecule has 0 heterocycles. The molecule has 13 heavy (non-hydrogen) atoms. The fourth-order valence-corrected chi connectivity index (χ4v) is 0.396. The Kier molecular flexibility index (Phi) is 11.6. The van der Waals surface area contributed by atoms with Crippen molar-refractivity contribution in [2.45, 2.75) is 32.6 Å². The van der Waals surface area contributed by atoms with Crippen molar-refractivity contribution in [2.75, 3.05) is 0 Å². The Morgan fingerprint density at radius 1 is 1.15 bits per heavy atom. The molecule has 0 aromatic heterocycles. The Morgan fingerprint density at radius 2 is 1.62 bits per heavy atom. The lowest BCUT2D eigenvalue weighted by molar-refractivity contribution is -0.138. The molecule has 0 aliphatic heterocycles. The highest BCUT2D eigenvalue weighted by Gasteiger charge is 1.91. The quantitative estimate of drug-likeness (QED) is 0.629. The van der Waals surface area contributed by atoms with E-state index in [1.165, 1.54) is 0 Å². The topological polar surface area (TPSA) is 91.7 Å². The lowest BCUT2D eigenvalue weighted by atomic mass is 10.3. The van der Waals surface area contributed by atoms with E-state index in [0.29, 0.717) is 12.7 Å². The maximum atomic E-state index is 9.60. The number of carboxylic acids is 2. The molecule has 0 aliphatic rings. The van der Waals surface area contributed by atoms with Gasteiger partial charge < -0.3 is 15.0 Å². The summed E-state index contributed by atoms with van der Waals surface area (Å²) >= 11 is 0. The zero-order chi connectivity index (χ0) is 10.7. The second-order valence-electron chi connectivity index (χ2n) is 2.24. The summed E-state index contributed by atoms with van der Waals surface area (Å²) in [6, 6.07) is 0. The molecule has 0 atom stereocenters. The second kappa shape index (κ2) is 10.6. The molecule has 5 heteroatoms. The average molecular weight is 190 g/mol. The molecule has 0 unspecified atom stereocenters. The van der Waals surface area contributed by atoms with Gasteiger partial charge in [0, 0.05) is 12.8 Å². The van der Waals surface area contributed by atoms with E-state index in [0.717, 1.165) is 6.42 Å². The van der Waals surface area contributed by atoms with Gasteiger partial charge in [0.2, 0.25) is 0 Å². The van der Waals surface area contributed by atoms with Crippen molar-refractivity contribution in [2.24, 2.45) is 0 Å². The third kappa shape index (κ3) is 25.0. The number of hydrogen-bond donors (Lipinski definition) is 2. The number of hydrogen-bond acceptors (Lipinski definition) is 3. The van der Waals surface area contributed by atoms with Gasteiger partial charge in [0.25, 0.3) is 0 Å². The molecule has 0 fully saturated rings. The number of carboxylic acid groups (broad SMARTS) is 2. The van der Waals surface area contributed by atoms with Gasteiger partial charge >= 0.3 is 11.9 Å². The molecule has 0 aromatic rings. The van der Waals surface area contributed by atoms with Crippen LogP contribution in [-0.2, 0) is 14.4 Å². The van der Waals surface area contributed by atoms with Crippen molar-refractivity contribution >= 4 is 18.2 Å². The van der Waals surface area contributed by atoms with Crippen LogP contribution in [0.5, 0.6) is 0 Å². The third-order valence-electron chi connectivity index (χ3n) is 0.940. The van der Waals surface area contributed by atoms with Crippen LogP contribution in [0, 0.1) is 0 Å². The maximum Gasteiger partial charge on any atom is 0.303 e. The lowest BCUT2D eigenvalue weighted by Gasteiger charge is -1.79. The van der Waals surface area contributed by atoms with Crippen LogP contribution in [0.4, 0.5) is 0 Å². The molecule has 0 bridgehead atoms. The molecule has 76 valence electrons. The fraction of sp³-hybridized carbons (Fsp3) is 0.625. The number of aliphatic carboxylic acids is 2. The SMILES string of the molecule is CCCC(=O)O.O=CCCC(=O)O.